The Labute approximate surface area is 105 Å². The fraction of sp³-hybridized carbons (Fsp3) is 0.200. The highest BCUT2D eigenvalue weighted by atomic mass is 19.3. The van der Waals surface area contributed by atoms with Crippen molar-refractivity contribution in [2.45, 2.75) is 19.5 Å². The van der Waals surface area contributed by atoms with E-state index in [2.05, 4.69) is 0 Å². The third-order valence-corrected chi connectivity index (χ3v) is 2.61. The van der Waals surface area contributed by atoms with Gasteiger partial charge in [-0.05, 0) is 29.8 Å². The summed E-state index contributed by atoms with van der Waals surface area (Å²) in [5.41, 5.74) is 1.04. The fourth-order valence-electron chi connectivity index (χ4n) is 1.58. The van der Waals surface area contributed by atoms with E-state index in [1.807, 2.05) is 30.3 Å². The van der Waals surface area contributed by atoms with Crippen LogP contribution in [0.1, 0.15) is 18.1 Å². The molecule has 0 spiro atoms. The van der Waals surface area contributed by atoms with Gasteiger partial charge in [0.2, 0.25) is 0 Å². The molecule has 0 saturated carbocycles. The van der Waals surface area contributed by atoms with Crippen molar-refractivity contribution in [3.05, 3.63) is 65.7 Å². The molecular formula is C15H14F2O. The van der Waals surface area contributed by atoms with E-state index in [0.29, 0.717) is 12.4 Å². The van der Waals surface area contributed by atoms with Gasteiger partial charge in [-0.25, -0.2) is 8.78 Å². The second kappa shape index (κ2) is 5.17. The summed E-state index contributed by atoms with van der Waals surface area (Å²) in [4.78, 5) is 0. The highest BCUT2D eigenvalue weighted by molar-refractivity contribution is 5.29. The zero-order valence-electron chi connectivity index (χ0n) is 10.1. The second-order valence-corrected chi connectivity index (χ2v) is 4.19. The lowest BCUT2D eigenvalue weighted by Gasteiger charge is -2.11. The van der Waals surface area contributed by atoms with Crippen LogP contribution in [0.15, 0.2) is 54.6 Å². The molecule has 0 radical (unpaired) electrons. The molecule has 0 aliphatic heterocycles. The highest BCUT2D eigenvalue weighted by Gasteiger charge is 2.23. The molecule has 1 nitrogen and oxygen atoms in total. The quantitative estimate of drug-likeness (QED) is 0.780. The van der Waals surface area contributed by atoms with Crippen molar-refractivity contribution in [3.8, 4) is 5.75 Å². The van der Waals surface area contributed by atoms with Gasteiger partial charge in [0, 0.05) is 12.5 Å². The minimum absolute atomic E-state index is 0.00504. The van der Waals surface area contributed by atoms with Gasteiger partial charge in [0.05, 0.1) is 0 Å². The fourth-order valence-corrected chi connectivity index (χ4v) is 1.58. The van der Waals surface area contributed by atoms with Crippen molar-refractivity contribution in [1.82, 2.24) is 0 Å². The van der Waals surface area contributed by atoms with Gasteiger partial charge in [-0.1, -0.05) is 30.3 Å². The van der Waals surface area contributed by atoms with Crippen molar-refractivity contribution >= 4 is 0 Å². The van der Waals surface area contributed by atoms with Gasteiger partial charge in [0.25, 0.3) is 5.92 Å². The van der Waals surface area contributed by atoms with Crippen LogP contribution in [-0.2, 0) is 12.5 Å². The van der Waals surface area contributed by atoms with E-state index in [-0.39, 0.29) is 5.56 Å². The van der Waals surface area contributed by atoms with Crippen molar-refractivity contribution < 1.29 is 13.5 Å². The topological polar surface area (TPSA) is 9.23 Å². The van der Waals surface area contributed by atoms with Gasteiger partial charge in [-0.2, -0.15) is 0 Å². The van der Waals surface area contributed by atoms with E-state index < -0.39 is 5.92 Å². The minimum atomic E-state index is -2.81. The Morgan fingerprint density at radius 2 is 1.56 bits per heavy atom. The molecular weight excluding hydrogens is 234 g/mol. The summed E-state index contributed by atoms with van der Waals surface area (Å²) in [6.07, 6.45) is 0. The molecule has 2 aromatic rings. The molecule has 3 heteroatoms. The van der Waals surface area contributed by atoms with Crippen LogP contribution in [0.2, 0.25) is 0 Å². The van der Waals surface area contributed by atoms with Crippen molar-refractivity contribution in [2.24, 2.45) is 0 Å². The normalized spacial score (nSPS) is 11.3. The maximum absolute atomic E-state index is 13.0. The van der Waals surface area contributed by atoms with Gasteiger partial charge >= 0.3 is 0 Å². The van der Waals surface area contributed by atoms with Gasteiger partial charge in [-0.3, -0.25) is 0 Å². The van der Waals surface area contributed by atoms with Crippen LogP contribution < -0.4 is 4.74 Å². The number of benzene rings is 2. The van der Waals surface area contributed by atoms with E-state index in [1.54, 1.807) is 12.1 Å². The first kappa shape index (κ1) is 12.6. The van der Waals surface area contributed by atoms with Gasteiger partial charge in [0.15, 0.2) is 0 Å². The molecule has 0 aliphatic rings. The molecule has 2 rings (SSSR count). The van der Waals surface area contributed by atoms with E-state index in [4.69, 9.17) is 4.74 Å². The Morgan fingerprint density at radius 1 is 0.944 bits per heavy atom. The smallest absolute Gasteiger partial charge is 0.270 e. The predicted octanol–water partition coefficient (Wildman–Crippen LogP) is 4.38. The first-order valence-corrected chi connectivity index (χ1v) is 5.71. The molecule has 0 amide bonds. The number of hydrogen-bond donors (Lipinski definition) is 0. The van der Waals surface area contributed by atoms with Gasteiger partial charge in [0.1, 0.15) is 12.4 Å². The summed E-state index contributed by atoms with van der Waals surface area (Å²) < 4.78 is 31.5. The van der Waals surface area contributed by atoms with Crippen LogP contribution in [0.25, 0.3) is 0 Å². The van der Waals surface area contributed by atoms with Crippen LogP contribution in [0.4, 0.5) is 8.78 Å². The van der Waals surface area contributed by atoms with Crippen LogP contribution in [0.5, 0.6) is 5.75 Å². The van der Waals surface area contributed by atoms with Crippen LogP contribution in [-0.4, -0.2) is 0 Å². The first-order chi connectivity index (χ1) is 8.55. The Hall–Kier alpha value is -1.90. The first-order valence-electron chi connectivity index (χ1n) is 5.71. The zero-order valence-corrected chi connectivity index (χ0v) is 10.1. The molecule has 18 heavy (non-hydrogen) atoms. The average Bonchev–Trinajstić information content (AvgIpc) is 2.37. The van der Waals surface area contributed by atoms with Crippen molar-refractivity contribution in [1.29, 1.82) is 0 Å². The summed E-state index contributed by atoms with van der Waals surface area (Å²) in [6, 6.07) is 15.6. The standard InChI is InChI=1S/C15H14F2O/c1-15(16,17)13-7-9-14(10-8-13)18-11-12-5-3-2-4-6-12/h2-10H,11H2,1H3. The Balaban J connectivity index is 1.99. The highest BCUT2D eigenvalue weighted by Crippen LogP contribution is 2.28. The second-order valence-electron chi connectivity index (χ2n) is 4.19. The summed E-state index contributed by atoms with van der Waals surface area (Å²) >= 11 is 0. The van der Waals surface area contributed by atoms with E-state index >= 15 is 0 Å². The molecule has 0 aliphatic carbocycles. The van der Waals surface area contributed by atoms with Gasteiger partial charge in [-0.15, -0.1) is 0 Å². The molecule has 94 valence electrons. The van der Waals surface area contributed by atoms with Crippen LogP contribution in [0.3, 0.4) is 0 Å². The zero-order chi connectivity index (χ0) is 13.0. The lowest BCUT2D eigenvalue weighted by molar-refractivity contribution is 0.0174. The minimum Gasteiger partial charge on any atom is -0.489 e. The van der Waals surface area contributed by atoms with E-state index in [1.165, 1.54) is 12.1 Å². The summed E-state index contributed by atoms with van der Waals surface area (Å²) in [6.45, 7) is 1.32. The average molecular weight is 248 g/mol. The summed E-state index contributed by atoms with van der Waals surface area (Å²) in [7, 11) is 0. The number of ether oxygens (including phenoxy) is 1. The van der Waals surface area contributed by atoms with Gasteiger partial charge < -0.3 is 4.74 Å². The Morgan fingerprint density at radius 3 is 2.11 bits per heavy atom. The van der Waals surface area contributed by atoms with E-state index in [9.17, 15) is 8.78 Å². The monoisotopic (exact) mass is 248 g/mol. The molecule has 0 saturated heterocycles. The molecule has 0 N–H and O–H groups in total. The number of hydrogen-bond acceptors (Lipinski definition) is 1. The molecule has 2 aromatic carbocycles. The molecule has 0 atom stereocenters. The third kappa shape index (κ3) is 3.29. The summed E-state index contributed by atoms with van der Waals surface area (Å²) in [5.74, 6) is -2.22. The maximum Gasteiger partial charge on any atom is 0.270 e. The SMILES string of the molecule is CC(F)(F)c1ccc(OCc2ccccc2)cc1. The number of alkyl halides is 2. The Kier molecular flexibility index (Phi) is 3.60. The third-order valence-electron chi connectivity index (χ3n) is 2.61. The van der Waals surface area contributed by atoms with Crippen molar-refractivity contribution in [3.63, 3.8) is 0 Å². The maximum atomic E-state index is 13.0. The molecule has 0 aromatic heterocycles. The lowest BCUT2D eigenvalue weighted by Crippen LogP contribution is -2.06. The largest absolute Gasteiger partial charge is 0.489 e. The Bertz CT molecular complexity index is 486. The molecule has 0 heterocycles. The summed E-state index contributed by atoms with van der Waals surface area (Å²) in [5, 5.41) is 0. The molecule has 0 unspecified atom stereocenters. The van der Waals surface area contributed by atoms with Crippen molar-refractivity contribution in [2.75, 3.05) is 0 Å². The number of rotatable bonds is 4. The van der Waals surface area contributed by atoms with E-state index in [0.717, 1.165) is 12.5 Å². The molecule has 0 bridgehead atoms. The number of halogens is 2. The van der Waals surface area contributed by atoms with Crippen LogP contribution >= 0.6 is 0 Å². The lowest BCUT2D eigenvalue weighted by atomic mass is 10.1. The predicted molar refractivity (Wildman–Crippen MR) is 66.8 cm³/mol. The van der Waals surface area contributed by atoms with Crippen LogP contribution in [0, 0.1) is 0 Å². The molecule has 0 fully saturated rings.